The molecule has 0 aromatic carbocycles. The largest absolute Gasteiger partial charge is 0.481 e. The number of nitrogens with one attached hydrogen (secondary N) is 2. The quantitative estimate of drug-likeness (QED) is 0.643. The lowest BCUT2D eigenvalue weighted by atomic mass is 10.3. The normalized spacial score (nSPS) is 12.1. The molecule has 0 amide bonds. The zero-order chi connectivity index (χ0) is 13.5. The minimum absolute atomic E-state index is 0.0248. The molecule has 1 rings (SSSR count). The Hall–Kier alpha value is -1.41. The average molecular weight is 320 g/mol. The average Bonchev–Trinajstić information content (AvgIpc) is 2.30. The maximum absolute atomic E-state index is 11.3. The van der Waals surface area contributed by atoms with Crippen LogP contribution in [0.25, 0.3) is 0 Å². The monoisotopic (exact) mass is 319 g/mol. The molecule has 0 fully saturated rings. The van der Waals surface area contributed by atoms with Crippen LogP contribution in [0.3, 0.4) is 0 Å². The smallest absolute Gasteiger partial charge is 0.305 e. The topological polar surface area (TPSA) is 104 Å². The third-order valence-corrected chi connectivity index (χ3v) is 2.81. The highest BCUT2D eigenvalue weighted by Crippen LogP contribution is 2.16. The maximum atomic E-state index is 11.3. The van der Waals surface area contributed by atoms with Gasteiger partial charge in [-0.25, -0.2) is 5.10 Å². The van der Waals surface area contributed by atoms with Crippen LogP contribution in [0.2, 0.25) is 0 Å². The van der Waals surface area contributed by atoms with Gasteiger partial charge in [0.25, 0.3) is 5.56 Å². The zero-order valence-corrected chi connectivity index (χ0v) is 11.4. The summed E-state index contributed by atoms with van der Waals surface area (Å²) in [6.45, 7) is 2.36. The Morgan fingerprint density at radius 3 is 3.11 bits per heavy atom. The van der Waals surface area contributed by atoms with Crippen LogP contribution < -0.4 is 10.9 Å². The van der Waals surface area contributed by atoms with Gasteiger partial charge in [-0.3, -0.25) is 9.59 Å². The summed E-state index contributed by atoms with van der Waals surface area (Å²) < 4.78 is 5.55. The number of hydrogen-bond acceptors (Lipinski definition) is 5. The van der Waals surface area contributed by atoms with Gasteiger partial charge in [0.15, 0.2) is 0 Å². The van der Waals surface area contributed by atoms with E-state index in [4.69, 9.17) is 9.84 Å². The van der Waals surface area contributed by atoms with Crippen molar-refractivity contribution in [3.05, 3.63) is 21.0 Å². The van der Waals surface area contributed by atoms with E-state index in [0.29, 0.717) is 16.8 Å². The van der Waals surface area contributed by atoms with Gasteiger partial charge in [-0.1, -0.05) is 0 Å². The predicted octanol–water partition coefficient (Wildman–Crippen LogP) is 0.824. The highest BCUT2D eigenvalue weighted by Gasteiger charge is 2.08. The second kappa shape index (κ2) is 7.12. The first-order chi connectivity index (χ1) is 8.50. The predicted molar refractivity (Wildman–Crippen MR) is 68.7 cm³/mol. The van der Waals surface area contributed by atoms with E-state index >= 15 is 0 Å². The Balaban J connectivity index is 2.40. The second-order valence-corrected chi connectivity index (χ2v) is 4.48. The first kappa shape index (κ1) is 14.7. The summed E-state index contributed by atoms with van der Waals surface area (Å²) in [5.74, 6) is -0.892. The molecule has 1 aromatic rings. The zero-order valence-electron chi connectivity index (χ0n) is 9.77. The van der Waals surface area contributed by atoms with Gasteiger partial charge < -0.3 is 15.2 Å². The molecule has 0 aliphatic rings. The Morgan fingerprint density at radius 2 is 2.44 bits per heavy atom. The Labute approximate surface area is 112 Å². The maximum Gasteiger partial charge on any atom is 0.305 e. The lowest BCUT2D eigenvalue weighted by molar-refractivity contribution is -0.138. The van der Waals surface area contributed by atoms with Crippen LogP contribution in [0, 0.1) is 0 Å². The first-order valence-electron chi connectivity index (χ1n) is 5.30. The van der Waals surface area contributed by atoms with Gasteiger partial charge in [-0.15, -0.1) is 0 Å². The van der Waals surface area contributed by atoms with Crippen molar-refractivity contribution in [3.63, 3.8) is 0 Å². The molecular formula is C10H14BrN3O4. The van der Waals surface area contributed by atoms with Gasteiger partial charge in [0.05, 0.1) is 31.5 Å². The molecule has 0 aliphatic heterocycles. The number of carboxylic acids is 1. The summed E-state index contributed by atoms with van der Waals surface area (Å²) in [7, 11) is 0. The number of rotatable bonds is 7. The lowest BCUT2D eigenvalue weighted by Crippen LogP contribution is -2.24. The molecule has 8 heteroatoms. The van der Waals surface area contributed by atoms with Crippen LogP contribution in [0.15, 0.2) is 15.5 Å². The van der Waals surface area contributed by atoms with Crippen LogP contribution in [0.4, 0.5) is 5.69 Å². The van der Waals surface area contributed by atoms with Gasteiger partial charge >= 0.3 is 5.97 Å². The minimum atomic E-state index is -0.892. The molecule has 0 spiro atoms. The SMILES string of the molecule is CC(COCCC(=O)O)Nc1cn[nH]c(=O)c1Br. The Morgan fingerprint density at radius 1 is 1.72 bits per heavy atom. The lowest BCUT2D eigenvalue weighted by Gasteiger charge is -2.15. The molecule has 0 saturated carbocycles. The van der Waals surface area contributed by atoms with Crippen molar-refractivity contribution in [3.8, 4) is 0 Å². The van der Waals surface area contributed by atoms with Crippen LogP contribution >= 0.6 is 15.9 Å². The van der Waals surface area contributed by atoms with Crippen molar-refractivity contribution in [1.82, 2.24) is 10.2 Å². The summed E-state index contributed by atoms with van der Waals surface area (Å²) in [6.07, 6.45) is 1.46. The van der Waals surface area contributed by atoms with Crippen molar-refractivity contribution >= 4 is 27.6 Å². The third kappa shape index (κ3) is 4.84. The van der Waals surface area contributed by atoms with Gasteiger partial charge in [-0.2, -0.15) is 5.10 Å². The van der Waals surface area contributed by atoms with E-state index in [1.807, 2.05) is 6.92 Å². The van der Waals surface area contributed by atoms with Gasteiger partial charge in [-0.05, 0) is 22.9 Å². The molecule has 18 heavy (non-hydrogen) atoms. The number of H-pyrrole nitrogens is 1. The highest BCUT2D eigenvalue weighted by molar-refractivity contribution is 9.10. The van der Waals surface area contributed by atoms with E-state index in [1.165, 1.54) is 6.20 Å². The van der Waals surface area contributed by atoms with Crippen molar-refractivity contribution in [2.75, 3.05) is 18.5 Å². The molecule has 3 N–H and O–H groups in total. The van der Waals surface area contributed by atoms with E-state index in [0.717, 1.165) is 0 Å². The fourth-order valence-electron chi connectivity index (χ4n) is 1.21. The number of anilines is 1. The summed E-state index contributed by atoms with van der Waals surface area (Å²) in [6, 6.07) is -0.0707. The number of aromatic amines is 1. The van der Waals surface area contributed by atoms with Crippen LogP contribution in [0.5, 0.6) is 0 Å². The fourth-order valence-corrected chi connectivity index (χ4v) is 1.52. The summed E-state index contributed by atoms with van der Waals surface area (Å²) >= 11 is 3.14. The third-order valence-electron chi connectivity index (χ3n) is 2.03. The summed E-state index contributed by atoms with van der Waals surface area (Å²) in [5, 5.41) is 17.4. The van der Waals surface area contributed by atoms with E-state index in [1.54, 1.807) is 0 Å². The molecule has 1 aromatic heterocycles. The number of aromatic nitrogens is 2. The van der Waals surface area contributed by atoms with Crippen LogP contribution in [-0.2, 0) is 9.53 Å². The molecular weight excluding hydrogens is 306 g/mol. The first-order valence-corrected chi connectivity index (χ1v) is 6.09. The minimum Gasteiger partial charge on any atom is -0.481 e. The van der Waals surface area contributed by atoms with Crippen molar-refractivity contribution in [2.45, 2.75) is 19.4 Å². The van der Waals surface area contributed by atoms with Gasteiger partial charge in [0.2, 0.25) is 0 Å². The molecule has 0 radical (unpaired) electrons. The Kier molecular flexibility index (Phi) is 5.79. The number of halogens is 1. The molecule has 100 valence electrons. The van der Waals surface area contributed by atoms with Gasteiger partial charge in [0, 0.05) is 6.04 Å². The van der Waals surface area contributed by atoms with E-state index in [9.17, 15) is 9.59 Å². The van der Waals surface area contributed by atoms with Gasteiger partial charge in [0.1, 0.15) is 4.47 Å². The molecule has 0 aliphatic carbocycles. The highest BCUT2D eigenvalue weighted by atomic mass is 79.9. The second-order valence-electron chi connectivity index (χ2n) is 3.69. The van der Waals surface area contributed by atoms with E-state index in [2.05, 4.69) is 31.4 Å². The van der Waals surface area contributed by atoms with E-state index in [-0.39, 0.29) is 24.6 Å². The molecule has 7 nitrogen and oxygen atoms in total. The van der Waals surface area contributed by atoms with Crippen molar-refractivity contribution in [1.29, 1.82) is 0 Å². The Bertz CT molecular complexity index is 463. The number of carboxylic acid groups (broad SMARTS) is 1. The molecule has 0 saturated heterocycles. The molecule has 1 atom stereocenters. The van der Waals surface area contributed by atoms with E-state index < -0.39 is 5.97 Å². The number of aliphatic carboxylic acids is 1. The summed E-state index contributed by atoms with van der Waals surface area (Å²) in [4.78, 5) is 21.5. The molecule has 0 bridgehead atoms. The summed E-state index contributed by atoms with van der Waals surface area (Å²) in [5.41, 5.74) is 0.243. The standard InChI is InChI=1S/C10H14BrN3O4/c1-6(5-18-3-2-8(15)16)13-7-4-12-14-10(17)9(7)11/h4,6H,2-3,5H2,1H3,(H,15,16)(H2,13,14,17). The fraction of sp³-hybridized carbons (Fsp3) is 0.500. The van der Waals surface area contributed by atoms with Crippen LogP contribution in [0.1, 0.15) is 13.3 Å². The molecule has 1 heterocycles. The van der Waals surface area contributed by atoms with Crippen molar-refractivity contribution in [2.24, 2.45) is 0 Å². The number of hydrogen-bond donors (Lipinski definition) is 3. The number of carbonyl (C=O) groups is 1. The van der Waals surface area contributed by atoms with Crippen LogP contribution in [-0.4, -0.2) is 40.5 Å². The number of nitrogens with zero attached hydrogens (tertiary/aromatic N) is 1. The van der Waals surface area contributed by atoms with Crippen molar-refractivity contribution < 1.29 is 14.6 Å². The molecule has 1 unspecified atom stereocenters. The number of ether oxygens (including phenoxy) is 1.